The lowest BCUT2D eigenvalue weighted by Crippen LogP contribution is -2.43. The number of carboxylic acid groups (broad SMARTS) is 1. The van der Waals surface area contributed by atoms with Crippen LogP contribution in [0.2, 0.25) is 0 Å². The Morgan fingerprint density at radius 3 is 2.76 bits per heavy atom. The molecule has 1 heterocycles. The highest BCUT2D eigenvalue weighted by Gasteiger charge is 2.22. The van der Waals surface area contributed by atoms with Crippen molar-refractivity contribution in [1.29, 1.82) is 0 Å². The molecule has 0 spiro atoms. The molecule has 1 aromatic carbocycles. The summed E-state index contributed by atoms with van der Waals surface area (Å²) in [4.78, 5) is 27.1. The molecular weight excluding hydrogens is 270 g/mol. The molecule has 0 radical (unpaired) electrons. The van der Waals surface area contributed by atoms with Crippen LogP contribution < -0.4 is 5.32 Å². The molecule has 21 heavy (non-hydrogen) atoms. The summed E-state index contributed by atoms with van der Waals surface area (Å²) in [5, 5.41) is 11.6. The van der Waals surface area contributed by atoms with Crippen LogP contribution in [0.15, 0.2) is 24.5 Å². The second-order valence-electron chi connectivity index (χ2n) is 5.79. The minimum Gasteiger partial charge on any atom is -0.481 e. The molecular formula is C15H19N3O3. The average Bonchev–Trinajstić information content (AvgIpc) is 2.77. The number of aliphatic carboxylic acids is 1. The van der Waals surface area contributed by atoms with Gasteiger partial charge in [0.25, 0.3) is 5.91 Å². The maximum Gasteiger partial charge on any atom is 0.303 e. The Morgan fingerprint density at radius 2 is 2.10 bits per heavy atom. The van der Waals surface area contributed by atoms with Crippen LogP contribution in [0.25, 0.3) is 11.0 Å². The lowest BCUT2D eigenvalue weighted by atomic mass is 9.97. The number of imidazole rings is 1. The van der Waals surface area contributed by atoms with E-state index >= 15 is 0 Å². The third kappa shape index (κ3) is 3.59. The van der Waals surface area contributed by atoms with Gasteiger partial charge in [-0.2, -0.15) is 0 Å². The zero-order valence-corrected chi connectivity index (χ0v) is 12.4. The van der Waals surface area contributed by atoms with Crippen LogP contribution in [0.1, 0.15) is 37.0 Å². The van der Waals surface area contributed by atoms with E-state index in [0.717, 1.165) is 11.0 Å². The summed E-state index contributed by atoms with van der Waals surface area (Å²) in [7, 11) is 1.89. The number of aromatic nitrogens is 2. The molecule has 0 bridgehead atoms. The summed E-state index contributed by atoms with van der Waals surface area (Å²) in [6.07, 6.45) is 2.09. The summed E-state index contributed by atoms with van der Waals surface area (Å²) >= 11 is 0. The van der Waals surface area contributed by atoms with Gasteiger partial charge in [-0.25, -0.2) is 4.98 Å². The number of fused-ring (bicyclic) bond motifs is 1. The van der Waals surface area contributed by atoms with Crippen molar-refractivity contribution in [3.05, 3.63) is 30.1 Å². The molecule has 2 N–H and O–H groups in total. The molecule has 0 aliphatic carbocycles. The number of benzene rings is 1. The second-order valence-corrected chi connectivity index (χ2v) is 5.79. The van der Waals surface area contributed by atoms with E-state index in [1.165, 1.54) is 0 Å². The minimum atomic E-state index is -0.868. The molecule has 1 amide bonds. The molecule has 2 aromatic rings. The standard InChI is InChI=1S/C15H19N3O3/c1-15(2,7-6-13(19)20)17-14(21)10-4-5-12-11(8-10)16-9-18(12)3/h4-5,8-9H,6-7H2,1-3H3,(H,17,21)(H,19,20). The predicted octanol–water partition coefficient (Wildman–Crippen LogP) is 1.95. The summed E-state index contributed by atoms with van der Waals surface area (Å²) in [5.41, 5.74) is 1.66. The number of aryl methyl sites for hydroxylation is 1. The van der Waals surface area contributed by atoms with E-state index < -0.39 is 11.5 Å². The highest BCUT2D eigenvalue weighted by atomic mass is 16.4. The first kappa shape index (κ1) is 15.0. The van der Waals surface area contributed by atoms with Crippen LogP contribution in [-0.2, 0) is 11.8 Å². The van der Waals surface area contributed by atoms with Gasteiger partial charge in [0.15, 0.2) is 0 Å². The van der Waals surface area contributed by atoms with Gasteiger partial charge in [0, 0.05) is 24.6 Å². The van der Waals surface area contributed by atoms with Gasteiger partial charge < -0.3 is 15.0 Å². The largest absolute Gasteiger partial charge is 0.481 e. The van der Waals surface area contributed by atoms with Gasteiger partial charge in [0.2, 0.25) is 0 Å². The summed E-state index contributed by atoms with van der Waals surface area (Å²) in [5.74, 6) is -1.09. The first-order valence-electron chi connectivity index (χ1n) is 6.74. The quantitative estimate of drug-likeness (QED) is 0.881. The number of amides is 1. The molecule has 0 unspecified atom stereocenters. The molecule has 0 saturated heterocycles. The van der Waals surface area contributed by atoms with Gasteiger partial charge in [-0.05, 0) is 38.5 Å². The lowest BCUT2D eigenvalue weighted by molar-refractivity contribution is -0.137. The Labute approximate surface area is 122 Å². The summed E-state index contributed by atoms with van der Waals surface area (Å²) in [6.45, 7) is 3.63. The highest BCUT2D eigenvalue weighted by molar-refractivity contribution is 5.97. The Kier molecular flexibility index (Phi) is 3.97. The van der Waals surface area contributed by atoms with Crippen LogP contribution in [0.4, 0.5) is 0 Å². The smallest absolute Gasteiger partial charge is 0.303 e. The number of carbonyl (C=O) groups excluding carboxylic acids is 1. The van der Waals surface area contributed by atoms with Crippen molar-refractivity contribution >= 4 is 22.9 Å². The Balaban J connectivity index is 2.12. The molecule has 0 aliphatic heterocycles. The van der Waals surface area contributed by atoms with E-state index in [1.54, 1.807) is 18.5 Å². The highest BCUT2D eigenvalue weighted by Crippen LogP contribution is 2.16. The molecule has 6 heteroatoms. The number of carbonyl (C=O) groups is 2. The predicted molar refractivity (Wildman–Crippen MR) is 79.1 cm³/mol. The fraction of sp³-hybridized carbons (Fsp3) is 0.400. The number of rotatable bonds is 5. The van der Waals surface area contributed by atoms with Gasteiger partial charge in [-0.3, -0.25) is 9.59 Å². The Hall–Kier alpha value is -2.37. The summed E-state index contributed by atoms with van der Waals surface area (Å²) in [6, 6.07) is 5.33. The maximum atomic E-state index is 12.3. The van der Waals surface area contributed by atoms with Gasteiger partial charge >= 0.3 is 5.97 Å². The topological polar surface area (TPSA) is 84.2 Å². The van der Waals surface area contributed by atoms with Gasteiger partial charge in [-0.1, -0.05) is 0 Å². The molecule has 2 rings (SSSR count). The number of nitrogens with one attached hydrogen (secondary N) is 1. The minimum absolute atomic E-state index is 0.0204. The Bertz CT molecular complexity index is 689. The SMILES string of the molecule is Cn1cnc2cc(C(=O)NC(C)(C)CCC(=O)O)ccc21. The molecule has 0 aliphatic rings. The third-order valence-corrected chi connectivity index (χ3v) is 3.40. The van der Waals surface area contributed by atoms with Gasteiger partial charge in [0.1, 0.15) is 0 Å². The van der Waals surface area contributed by atoms with Crippen molar-refractivity contribution in [2.75, 3.05) is 0 Å². The van der Waals surface area contributed by atoms with E-state index in [1.807, 2.05) is 31.5 Å². The van der Waals surface area contributed by atoms with E-state index in [9.17, 15) is 9.59 Å². The van der Waals surface area contributed by atoms with E-state index in [2.05, 4.69) is 10.3 Å². The van der Waals surface area contributed by atoms with E-state index in [4.69, 9.17) is 5.11 Å². The monoisotopic (exact) mass is 289 g/mol. The van der Waals surface area contributed by atoms with Crippen molar-refractivity contribution in [2.45, 2.75) is 32.2 Å². The van der Waals surface area contributed by atoms with Crippen molar-refractivity contribution in [1.82, 2.24) is 14.9 Å². The fourth-order valence-electron chi connectivity index (χ4n) is 2.14. The third-order valence-electron chi connectivity index (χ3n) is 3.40. The number of nitrogens with zero attached hydrogens (tertiary/aromatic N) is 2. The van der Waals surface area contributed by atoms with Crippen LogP contribution in [-0.4, -0.2) is 32.1 Å². The first-order chi connectivity index (χ1) is 9.78. The zero-order chi connectivity index (χ0) is 15.6. The van der Waals surface area contributed by atoms with Crippen molar-refractivity contribution in [3.63, 3.8) is 0 Å². The second kappa shape index (κ2) is 5.55. The number of carboxylic acids is 1. The zero-order valence-electron chi connectivity index (χ0n) is 12.4. The van der Waals surface area contributed by atoms with Gasteiger partial charge in [0.05, 0.1) is 17.4 Å². The molecule has 0 saturated carbocycles. The van der Waals surface area contributed by atoms with E-state index in [-0.39, 0.29) is 12.3 Å². The first-order valence-corrected chi connectivity index (χ1v) is 6.74. The molecule has 6 nitrogen and oxygen atoms in total. The summed E-state index contributed by atoms with van der Waals surface area (Å²) < 4.78 is 1.88. The number of hydrogen-bond acceptors (Lipinski definition) is 3. The van der Waals surface area contributed by atoms with E-state index in [0.29, 0.717) is 12.0 Å². The van der Waals surface area contributed by atoms with Crippen LogP contribution in [0, 0.1) is 0 Å². The molecule has 0 atom stereocenters. The molecule has 112 valence electrons. The van der Waals surface area contributed by atoms with Gasteiger partial charge in [-0.15, -0.1) is 0 Å². The van der Waals surface area contributed by atoms with Crippen LogP contribution in [0.5, 0.6) is 0 Å². The van der Waals surface area contributed by atoms with Crippen LogP contribution in [0.3, 0.4) is 0 Å². The molecule has 1 aromatic heterocycles. The molecule has 0 fully saturated rings. The normalized spacial score (nSPS) is 11.6. The Morgan fingerprint density at radius 1 is 1.38 bits per heavy atom. The lowest BCUT2D eigenvalue weighted by Gasteiger charge is -2.25. The van der Waals surface area contributed by atoms with Crippen molar-refractivity contribution < 1.29 is 14.7 Å². The van der Waals surface area contributed by atoms with Crippen LogP contribution >= 0.6 is 0 Å². The fourth-order valence-corrected chi connectivity index (χ4v) is 2.14. The average molecular weight is 289 g/mol. The number of hydrogen-bond donors (Lipinski definition) is 2. The van der Waals surface area contributed by atoms with Crippen molar-refractivity contribution in [3.8, 4) is 0 Å². The van der Waals surface area contributed by atoms with Crippen molar-refractivity contribution in [2.24, 2.45) is 7.05 Å². The maximum absolute atomic E-state index is 12.3.